The van der Waals surface area contributed by atoms with Crippen LogP contribution in [0.2, 0.25) is 0 Å². The fourth-order valence-corrected chi connectivity index (χ4v) is 3.64. The van der Waals surface area contributed by atoms with Gasteiger partial charge in [0.1, 0.15) is 0 Å². The van der Waals surface area contributed by atoms with Crippen molar-refractivity contribution in [3.05, 3.63) is 70.3 Å². The summed E-state index contributed by atoms with van der Waals surface area (Å²) in [6.07, 6.45) is 11.1. The molecule has 0 N–H and O–H groups in total. The van der Waals surface area contributed by atoms with Crippen molar-refractivity contribution in [1.82, 2.24) is 0 Å². The quantitative estimate of drug-likeness (QED) is 0.0522. The fourth-order valence-electron chi connectivity index (χ4n) is 3.64. The van der Waals surface area contributed by atoms with E-state index in [1.54, 1.807) is 0 Å². The SMILES string of the molecule is CCCC[N+](CCCC)(CCCC)CCCC.Fc1[c-]c(F)c(F)c(F)c1F.Fc1[c-]c(F)c(F)c(F)c1F.[Ag]. The first-order valence-electron chi connectivity index (χ1n) is 13.0. The van der Waals surface area contributed by atoms with Gasteiger partial charge in [-0.25, -0.2) is 26.3 Å². The third kappa shape index (κ3) is 13.4. The van der Waals surface area contributed by atoms with Gasteiger partial charge >= 0.3 is 0 Å². The van der Waals surface area contributed by atoms with Crippen molar-refractivity contribution in [1.29, 1.82) is 0 Å². The normalized spacial score (nSPS) is 10.8. The van der Waals surface area contributed by atoms with Gasteiger partial charge in [-0.15, -0.1) is 12.1 Å². The van der Waals surface area contributed by atoms with Crippen LogP contribution in [-0.4, -0.2) is 30.7 Å². The van der Waals surface area contributed by atoms with Crippen molar-refractivity contribution in [2.45, 2.75) is 79.1 Å². The fraction of sp³-hybridized carbons (Fsp3) is 0.571. The number of hydrogen-bond donors (Lipinski definition) is 0. The Hall–Kier alpha value is -1.56. The van der Waals surface area contributed by atoms with Gasteiger partial charge in [0.2, 0.25) is 0 Å². The molecule has 2 rings (SSSR count). The average Bonchev–Trinajstić information content (AvgIpc) is 2.92. The largest absolute Gasteiger partial charge is 0.324 e. The molecule has 0 spiro atoms. The molecule has 0 aliphatic rings. The molecule has 0 bridgehead atoms. The molecule has 0 aromatic heterocycles. The van der Waals surface area contributed by atoms with Crippen LogP contribution >= 0.6 is 0 Å². The molecule has 235 valence electrons. The second-order valence-corrected chi connectivity index (χ2v) is 9.04. The van der Waals surface area contributed by atoms with E-state index in [9.17, 15) is 43.9 Å². The molecule has 1 nitrogen and oxygen atoms in total. The molecule has 0 aliphatic heterocycles. The molecule has 0 fully saturated rings. The molecule has 0 heterocycles. The summed E-state index contributed by atoms with van der Waals surface area (Å²) in [5, 5.41) is 0. The van der Waals surface area contributed by atoms with Gasteiger partial charge in [-0.1, -0.05) is 53.4 Å². The first-order valence-corrected chi connectivity index (χ1v) is 13.0. The maximum absolute atomic E-state index is 12.0. The molecule has 0 saturated heterocycles. The van der Waals surface area contributed by atoms with Gasteiger partial charge in [0, 0.05) is 22.4 Å². The zero-order valence-corrected chi connectivity index (χ0v) is 24.5. The van der Waals surface area contributed by atoms with Crippen molar-refractivity contribution in [2.75, 3.05) is 26.2 Å². The topological polar surface area (TPSA) is 0 Å². The number of unbranched alkanes of at least 4 members (excludes halogenated alkanes) is 4. The van der Waals surface area contributed by atoms with Crippen LogP contribution in [0.15, 0.2) is 0 Å². The predicted octanol–water partition coefficient (Wildman–Crippen LogP) is 9.37. The van der Waals surface area contributed by atoms with E-state index in [-0.39, 0.29) is 22.4 Å². The smallest absolute Gasteiger partial charge is 0.0893 e. The van der Waals surface area contributed by atoms with Crippen LogP contribution < -0.4 is 0 Å². The zero-order chi connectivity index (χ0) is 30.2. The van der Waals surface area contributed by atoms with Gasteiger partial charge in [0.15, 0.2) is 0 Å². The molecule has 0 atom stereocenters. The Morgan fingerprint density at radius 2 is 0.600 bits per heavy atom. The maximum atomic E-state index is 12.0. The minimum absolute atomic E-state index is 0. The number of quaternary nitrogens is 1. The van der Waals surface area contributed by atoms with Gasteiger partial charge in [-0.3, -0.25) is 17.6 Å². The second-order valence-electron chi connectivity index (χ2n) is 9.04. The van der Waals surface area contributed by atoms with E-state index < -0.39 is 58.2 Å². The molecule has 0 aliphatic carbocycles. The second kappa shape index (κ2) is 21.2. The Kier molecular flexibility index (Phi) is 21.5. The van der Waals surface area contributed by atoms with Crippen molar-refractivity contribution < 1.29 is 70.8 Å². The summed E-state index contributed by atoms with van der Waals surface area (Å²) in [7, 11) is 0. The Morgan fingerprint density at radius 1 is 0.400 bits per heavy atom. The predicted molar refractivity (Wildman–Crippen MR) is 129 cm³/mol. The Morgan fingerprint density at radius 3 is 0.775 bits per heavy atom. The molecule has 12 heteroatoms. The summed E-state index contributed by atoms with van der Waals surface area (Å²) in [4.78, 5) is 0. The van der Waals surface area contributed by atoms with Crippen LogP contribution in [0.1, 0.15) is 79.1 Å². The van der Waals surface area contributed by atoms with E-state index in [2.05, 4.69) is 27.7 Å². The maximum Gasteiger partial charge on any atom is 0.0893 e. The molecular formula is C28H36AgF10N-. The van der Waals surface area contributed by atoms with E-state index in [1.165, 1.54) is 82.0 Å². The van der Waals surface area contributed by atoms with Crippen LogP contribution in [-0.2, 0) is 22.4 Å². The van der Waals surface area contributed by atoms with E-state index in [0.29, 0.717) is 0 Å². The Bertz CT molecular complexity index is 853. The van der Waals surface area contributed by atoms with Crippen molar-refractivity contribution >= 4 is 0 Å². The van der Waals surface area contributed by atoms with Gasteiger partial charge in [-0.2, -0.15) is 0 Å². The summed E-state index contributed by atoms with van der Waals surface area (Å²) < 4.78 is 121. The summed E-state index contributed by atoms with van der Waals surface area (Å²) in [5.41, 5.74) is 0. The molecule has 0 unspecified atom stereocenters. The number of rotatable bonds is 12. The van der Waals surface area contributed by atoms with E-state index in [1.807, 2.05) is 0 Å². The number of hydrogen-bond acceptors (Lipinski definition) is 0. The molecule has 2 aromatic rings. The van der Waals surface area contributed by atoms with E-state index in [4.69, 9.17) is 0 Å². The molecular weight excluding hydrogens is 648 g/mol. The first-order chi connectivity index (χ1) is 18.3. The third-order valence-electron chi connectivity index (χ3n) is 5.92. The van der Waals surface area contributed by atoms with Gasteiger partial charge in [-0.05, 0) is 25.7 Å². The Labute approximate surface area is 246 Å². The molecule has 0 amide bonds. The van der Waals surface area contributed by atoms with Gasteiger partial charge in [0.05, 0.1) is 84.4 Å². The van der Waals surface area contributed by atoms with Crippen molar-refractivity contribution in [3.8, 4) is 0 Å². The molecule has 0 saturated carbocycles. The van der Waals surface area contributed by atoms with Crippen LogP contribution in [0.3, 0.4) is 0 Å². The minimum atomic E-state index is -2.17. The summed E-state index contributed by atoms with van der Waals surface area (Å²) in [5.74, 6) is -20.1. The molecule has 1 radical (unpaired) electrons. The van der Waals surface area contributed by atoms with Crippen LogP contribution in [0.5, 0.6) is 0 Å². The van der Waals surface area contributed by atoms with Crippen LogP contribution in [0.4, 0.5) is 43.9 Å². The van der Waals surface area contributed by atoms with Crippen molar-refractivity contribution in [3.63, 3.8) is 0 Å². The van der Waals surface area contributed by atoms with Gasteiger partial charge < -0.3 is 4.48 Å². The molecule has 40 heavy (non-hydrogen) atoms. The number of benzene rings is 2. The monoisotopic (exact) mass is 683 g/mol. The van der Waals surface area contributed by atoms with E-state index >= 15 is 0 Å². The summed E-state index contributed by atoms with van der Waals surface area (Å²) in [6, 6.07) is 2.05. The number of halogens is 10. The van der Waals surface area contributed by atoms with E-state index in [0.717, 1.165) is 12.1 Å². The van der Waals surface area contributed by atoms with Crippen molar-refractivity contribution in [2.24, 2.45) is 0 Å². The average molecular weight is 684 g/mol. The zero-order valence-electron chi connectivity index (χ0n) is 23.0. The number of nitrogens with zero attached hydrogens (tertiary/aromatic N) is 1. The van der Waals surface area contributed by atoms with Gasteiger partial charge in [0.25, 0.3) is 0 Å². The summed E-state index contributed by atoms with van der Waals surface area (Å²) in [6.45, 7) is 15.0. The Balaban J connectivity index is 0. The van der Waals surface area contributed by atoms with Crippen LogP contribution in [0.25, 0.3) is 0 Å². The molecule has 2 aromatic carbocycles. The summed E-state index contributed by atoms with van der Waals surface area (Å²) >= 11 is 0. The third-order valence-corrected chi connectivity index (χ3v) is 5.92. The van der Waals surface area contributed by atoms with Crippen LogP contribution in [0, 0.1) is 70.3 Å². The minimum Gasteiger partial charge on any atom is -0.324 e. The first kappa shape index (κ1) is 40.6. The standard InChI is InChI=1S/C16H36N.2C6F5.Ag/c1-5-9-13-17(14-10-6-2,15-11-7-3)16-12-8-4;2*7-2-1-3(8)5(10)6(11)4(2)9;/h5-16H2,1-4H3;;;/q+1;2*-1;.